The van der Waals surface area contributed by atoms with E-state index in [-0.39, 0.29) is 0 Å². The molecule has 0 fully saturated rings. The zero-order chi connectivity index (χ0) is 16.5. The van der Waals surface area contributed by atoms with E-state index in [0.29, 0.717) is 5.70 Å². The van der Waals surface area contributed by atoms with Crippen LogP contribution in [-0.2, 0) is 4.79 Å². The molecule has 0 saturated heterocycles. The number of amides is 1. The highest BCUT2D eigenvalue weighted by Crippen LogP contribution is 2.13. The third-order valence-electron chi connectivity index (χ3n) is 2.86. The number of nitrogens with one attached hydrogen (secondary N) is 2. The van der Waals surface area contributed by atoms with Gasteiger partial charge < -0.3 is 0 Å². The number of rotatable bonds is 6. The zero-order valence-corrected chi connectivity index (χ0v) is 12.3. The lowest BCUT2D eigenvalue weighted by Crippen LogP contribution is -2.14. The number of carbonyl (C=O) groups is 1. The molecular formula is C17H16N4O2. The molecule has 0 aliphatic carbocycles. The number of benzene rings is 1. The van der Waals surface area contributed by atoms with Gasteiger partial charge in [-0.1, -0.05) is 30.8 Å². The van der Waals surface area contributed by atoms with Gasteiger partial charge in [-0.05, 0) is 35.4 Å². The van der Waals surface area contributed by atoms with Crippen molar-refractivity contribution in [1.29, 1.82) is 0 Å². The number of nitrogens with zero attached hydrogens (tertiary/aromatic N) is 2. The Morgan fingerprint density at radius 1 is 1.26 bits per heavy atom. The van der Waals surface area contributed by atoms with Crippen molar-refractivity contribution in [2.24, 2.45) is 5.10 Å². The predicted octanol–water partition coefficient (Wildman–Crippen LogP) is 2.19. The van der Waals surface area contributed by atoms with E-state index in [2.05, 4.69) is 22.1 Å². The second-order valence-electron chi connectivity index (χ2n) is 4.54. The van der Waals surface area contributed by atoms with E-state index in [4.69, 9.17) is 5.21 Å². The first-order valence-electron chi connectivity index (χ1n) is 6.80. The van der Waals surface area contributed by atoms with Crippen LogP contribution in [0.3, 0.4) is 0 Å². The van der Waals surface area contributed by atoms with Crippen molar-refractivity contribution in [3.63, 3.8) is 0 Å². The van der Waals surface area contributed by atoms with Gasteiger partial charge in [-0.15, -0.1) is 0 Å². The van der Waals surface area contributed by atoms with Gasteiger partial charge in [0.15, 0.2) is 0 Å². The van der Waals surface area contributed by atoms with Crippen molar-refractivity contribution in [3.8, 4) is 0 Å². The van der Waals surface area contributed by atoms with E-state index in [1.54, 1.807) is 18.5 Å². The fraction of sp³-hybridized carbons (Fsp3) is 0. The first-order chi connectivity index (χ1) is 11.2. The number of pyridine rings is 1. The highest BCUT2D eigenvalue weighted by molar-refractivity contribution is 5.90. The Bertz CT molecular complexity index is 739. The first kappa shape index (κ1) is 16.1. The molecule has 0 aliphatic heterocycles. The maximum Gasteiger partial charge on any atom is 0.267 e. The molecule has 6 nitrogen and oxygen atoms in total. The van der Waals surface area contributed by atoms with Gasteiger partial charge in [0.05, 0.1) is 17.6 Å². The summed E-state index contributed by atoms with van der Waals surface area (Å²) in [6.45, 7) is 3.92. The smallest absolute Gasteiger partial charge is 0.267 e. The molecule has 1 aromatic heterocycles. The van der Waals surface area contributed by atoms with Crippen LogP contribution in [0.15, 0.2) is 66.4 Å². The fourth-order valence-electron chi connectivity index (χ4n) is 1.73. The van der Waals surface area contributed by atoms with Crippen LogP contribution < -0.4 is 10.9 Å². The molecule has 0 saturated carbocycles. The summed E-state index contributed by atoms with van der Waals surface area (Å²) in [5.41, 5.74) is 7.35. The lowest BCUT2D eigenvalue weighted by atomic mass is 10.1. The molecule has 0 spiro atoms. The second kappa shape index (κ2) is 8.26. The number of carbonyl (C=O) groups excluding carboxylic acids is 1. The van der Waals surface area contributed by atoms with Gasteiger partial charge >= 0.3 is 0 Å². The molecule has 1 amide bonds. The third-order valence-corrected chi connectivity index (χ3v) is 2.86. The van der Waals surface area contributed by atoms with Crippen LogP contribution in [0.1, 0.15) is 16.8 Å². The van der Waals surface area contributed by atoms with Gasteiger partial charge in [0.2, 0.25) is 0 Å². The quantitative estimate of drug-likeness (QED) is 0.330. The number of hydrogen-bond acceptors (Lipinski definition) is 5. The molecule has 0 radical (unpaired) electrons. The molecule has 0 unspecified atom stereocenters. The fourth-order valence-corrected chi connectivity index (χ4v) is 1.73. The van der Waals surface area contributed by atoms with Crippen molar-refractivity contribution >= 4 is 23.9 Å². The topological polar surface area (TPSA) is 86.6 Å². The maximum atomic E-state index is 11.0. The van der Waals surface area contributed by atoms with E-state index in [9.17, 15) is 4.79 Å². The van der Waals surface area contributed by atoms with Crippen LogP contribution in [0.4, 0.5) is 0 Å². The summed E-state index contributed by atoms with van der Waals surface area (Å²) in [7, 11) is 0. The van der Waals surface area contributed by atoms with Gasteiger partial charge in [-0.2, -0.15) is 5.10 Å². The summed E-state index contributed by atoms with van der Waals surface area (Å²) in [6, 6.07) is 12.9. The number of hydrogen-bond donors (Lipinski definition) is 3. The summed E-state index contributed by atoms with van der Waals surface area (Å²) in [6.07, 6.45) is 6.10. The molecule has 3 N–H and O–H groups in total. The largest absolute Gasteiger partial charge is 0.288 e. The standard InChI is InChI=1S/C17H16N4O2/c1-13(20-19-12-16-7-2-3-10-18-16)15-6-4-5-14(11-15)8-9-17(22)21-23/h2-12,20,23H,1H2,(H,21,22)/b9-8+,19-12+. The van der Waals surface area contributed by atoms with Crippen molar-refractivity contribution < 1.29 is 10.0 Å². The van der Waals surface area contributed by atoms with Gasteiger partial charge in [0.25, 0.3) is 5.91 Å². The van der Waals surface area contributed by atoms with E-state index in [1.165, 1.54) is 11.6 Å². The summed E-state index contributed by atoms with van der Waals surface area (Å²) in [5, 5.41) is 12.5. The SMILES string of the molecule is C=C(N/N=C/c1ccccn1)c1cccc(/C=C/C(=O)NO)c1. The predicted molar refractivity (Wildman–Crippen MR) is 89.4 cm³/mol. The van der Waals surface area contributed by atoms with Gasteiger partial charge in [-0.3, -0.25) is 20.4 Å². The van der Waals surface area contributed by atoms with Crippen LogP contribution in [0.5, 0.6) is 0 Å². The normalized spacial score (nSPS) is 10.8. The van der Waals surface area contributed by atoms with Crippen LogP contribution >= 0.6 is 0 Å². The Hall–Kier alpha value is -3.25. The van der Waals surface area contributed by atoms with Crippen LogP contribution in [0.25, 0.3) is 11.8 Å². The summed E-state index contributed by atoms with van der Waals surface area (Å²) in [5.74, 6) is -0.590. The minimum absolute atomic E-state index is 0.590. The Balaban J connectivity index is 2.01. The Morgan fingerprint density at radius 2 is 2.13 bits per heavy atom. The molecule has 2 rings (SSSR count). The zero-order valence-electron chi connectivity index (χ0n) is 12.3. The molecule has 116 valence electrons. The molecule has 1 heterocycles. The van der Waals surface area contributed by atoms with E-state index in [0.717, 1.165) is 16.8 Å². The Labute approximate surface area is 133 Å². The molecular weight excluding hydrogens is 292 g/mol. The van der Waals surface area contributed by atoms with E-state index >= 15 is 0 Å². The van der Waals surface area contributed by atoms with Crippen LogP contribution in [0.2, 0.25) is 0 Å². The molecule has 23 heavy (non-hydrogen) atoms. The highest BCUT2D eigenvalue weighted by Gasteiger charge is 1.99. The summed E-state index contributed by atoms with van der Waals surface area (Å²) in [4.78, 5) is 15.1. The van der Waals surface area contributed by atoms with Crippen LogP contribution in [-0.4, -0.2) is 22.3 Å². The monoisotopic (exact) mass is 308 g/mol. The molecule has 0 atom stereocenters. The van der Waals surface area contributed by atoms with Gasteiger partial charge in [-0.25, -0.2) is 5.48 Å². The average molecular weight is 308 g/mol. The molecule has 0 aliphatic rings. The van der Waals surface area contributed by atoms with Gasteiger partial charge in [0, 0.05) is 12.3 Å². The Morgan fingerprint density at radius 3 is 2.87 bits per heavy atom. The van der Waals surface area contributed by atoms with E-state index in [1.807, 2.05) is 42.5 Å². The van der Waals surface area contributed by atoms with Crippen molar-refractivity contribution in [3.05, 3.63) is 78.1 Å². The third kappa shape index (κ3) is 5.22. The number of hydrazone groups is 1. The summed E-state index contributed by atoms with van der Waals surface area (Å²) < 4.78 is 0. The van der Waals surface area contributed by atoms with E-state index < -0.39 is 5.91 Å². The average Bonchev–Trinajstić information content (AvgIpc) is 2.60. The number of aromatic nitrogens is 1. The van der Waals surface area contributed by atoms with Crippen molar-refractivity contribution in [1.82, 2.24) is 15.9 Å². The van der Waals surface area contributed by atoms with Crippen molar-refractivity contribution in [2.75, 3.05) is 0 Å². The van der Waals surface area contributed by atoms with Crippen molar-refractivity contribution in [2.45, 2.75) is 0 Å². The molecule has 1 aromatic carbocycles. The maximum absolute atomic E-state index is 11.0. The Kier molecular flexibility index (Phi) is 5.79. The molecule has 0 bridgehead atoms. The lowest BCUT2D eigenvalue weighted by molar-refractivity contribution is -0.124. The minimum Gasteiger partial charge on any atom is -0.288 e. The molecule has 6 heteroatoms. The lowest BCUT2D eigenvalue weighted by Gasteiger charge is -2.05. The van der Waals surface area contributed by atoms with Gasteiger partial charge in [0.1, 0.15) is 0 Å². The first-order valence-corrected chi connectivity index (χ1v) is 6.80. The second-order valence-corrected chi connectivity index (χ2v) is 4.54. The highest BCUT2D eigenvalue weighted by atomic mass is 16.5. The molecule has 2 aromatic rings. The summed E-state index contributed by atoms with van der Waals surface area (Å²) >= 11 is 0. The van der Waals surface area contributed by atoms with Crippen LogP contribution in [0, 0.1) is 0 Å². The number of hydroxylamine groups is 1. The minimum atomic E-state index is -0.590.